The predicted molar refractivity (Wildman–Crippen MR) is 81.4 cm³/mol. The molecule has 110 valence electrons. The van der Waals surface area contributed by atoms with Crippen LogP contribution in [-0.2, 0) is 11.2 Å². The van der Waals surface area contributed by atoms with Gasteiger partial charge in [-0.25, -0.2) is 0 Å². The maximum atomic E-state index is 12.6. The van der Waals surface area contributed by atoms with Crippen LogP contribution in [0.1, 0.15) is 57.9 Å². The zero-order chi connectivity index (χ0) is 14.4. The number of amides is 1. The third-order valence-corrected chi connectivity index (χ3v) is 4.42. The summed E-state index contributed by atoms with van der Waals surface area (Å²) in [6.45, 7) is 4.35. The van der Waals surface area contributed by atoms with Gasteiger partial charge in [-0.2, -0.15) is 0 Å². The van der Waals surface area contributed by atoms with Gasteiger partial charge in [0.15, 0.2) is 0 Å². The minimum atomic E-state index is 0.315. The van der Waals surface area contributed by atoms with Gasteiger partial charge in [-0.3, -0.25) is 9.78 Å². The predicted octanol–water partition coefficient (Wildman–Crippen LogP) is 3.58. The molecule has 0 unspecified atom stereocenters. The molecule has 1 aliphatic rings. The van der Waals surface area contributed by atoms with Crippen LogP contribution in [0.4, 0.5) is 0 Å². The Labute approximate surface area is 122 Å². The number of hydrogen-bond donors (Lipinski definition) is 0. The summed E-state index contributed by atoms with van der Waals surface area (Å²) in [4.78, 5) is 18.9. The molecule has 0 saturated heterocycles. The minimum Gasteiger partial charge on any atom is -0.337 e. The van der Waals surface area contributed by atoms with Gasteiger partial charge in [0.1, 0.15) is 0 Å². The highest BCUT2D eigenvalue weighted by atomic mass is 16.2. The summed E-state index contributed by atoms with van der Waals surface area (Å²) in [6, 6.07) is 4.82. The third kappa shape index (κ3) is 3.81. The highest BCUT2D eigenvalue weighted by molar-refractivity contribution is 5.77. The van der Waals surface area contributed by atoms with Crippen molar-refractivity contribution >= 4 is 5.91 Å². The van der Waals surface area contributed by atoms with Crippen molar-refractivity contribution in [3.05, 3.63) is 30.1 Å². The molecule has 0 bridgehead atoms. The molecule has 0 radical (unpaired) electrons. The largest absolute Gasteiger partial charge is 0.337 e. The van der Waals surface area contributed by atoms with Gasteiger partial charge >= 0.3 is 0 Å². The normalized spacial score (nSPS) is 17.1. The smallest absolute Gasteiger partial charge is 0.223 e. The first kappa shape index (κ1) is 15.0. The van der Waals surface area contributed by atoms with Crippen molar-refractivity contribution < 1.29 is 4.79 Å². The molecule has 1 aromatic heterocycles. The standard InChI is InChI=1S/C17H26N2O/c1-3-14(2)19(16-8-4-5-9-16)17(20)11-10-15-7-6-12-18-13-15/h6-7,12-14,16H,3-5,8-11H2,1-2H3/t14-/m0/s1. The van der Waals surface area contributed by atoms with Gasteiger partial charge in [0.2, 0.25) is 5.91 Å². The molecule has 1 saturated carbocycles. The summed E-state index contributed by atoms with van der Waals surface area (Å²) >= 11 is 0. The van der Waals surface area contributed by atoms with E-state index in [0.717, 1.165) is 18.4 Å². The quantitative estimate of drug-likeness (QED) is 0.794. The minimum absolute atomic E-state index is 0.315. The van der Waals surface area contributed by atoms with Gasteiger partial charge in [0, 0.05) is 30.9 Å². The lowest BCUT2D eigenvalue weighted by molar-refractivity contribution is -0.135. The van der Waals surface area contributed by atoms with Crippen molar-refractivity contribution in [1.82, 2.24) is 9.88 Å². The molecule has 0 aromatic carbocycles. The summed E-state index contributed by atoms with van der Waals surface area (Å²) in [5.74, 6) is 0.315. The molecule has 0 spiro atoms. The van der Waals surface area contributed by atoms with Gasteiger partial charge in [0.05, 0.1) is 0 Å². The Bertz CT molecular complexity index is 412. The van der Waals surface area contributed by atoms with Gasteiger partial charge in [-0.1, -0.05) is 25.8 Å². The highest BCUT2D eigenvalue weighted by Gasteiger charge is 2.29. The van der Waals surface area contributed by atoms with Gasteiger partial charge in [0.25, 0.3) is 0 Å². The van der Waals surface area contributed by atoms with Crippen LogP contribution in [0, 0.1) is 0 Å². The van der Waals surface area contributed by atoms with Crippen LogP contribution in [0.25, 0.3) is 0 Å². The average Bonchev–Trinajstić information content (AvgIpc) is 3.00. The molecule has 1 amide bonds. The second kappa shape index (κ2) is 7.41. The Kier molecular flexibility index (Phi) is 5.57. The Balaban J connectivity index is 1.95. The molecule has 0 aliphatic heterocycles. The lowest BCUT2D eigenvalue weighted by Gasteiger charge is -2.34. The fourth-order valence-electron chi connectivity index (χ4n) is 3.11. The molecular weight excluding hydrogens is 248 g/mol. The Hall–Kier alpha value is -1.38. The number of aryl methyl sites for hydroxylation is 1. The zero-order valence-corrected chi connectivity index (χ0v) is 12.7. The molecule has 2 rings (SSSR count). The summed E-state index contributed by atoms with van der Waals surface area (Å²) < 4.78 is 0. The van der Waals surface area contributed by atoms with Crippen molar-refractivity contribution in [1.29, 1.82) is 0 Å². The van der Waals surface area contributed by atoms with Gasteiger partial charge in [-0.15, -0.1) is 0 Å². The number of carbonyl (C=O) groups is 1. The molecule has 1 fully saturated rings. The monoisotopic (exact) mass is 274 g/mol. The highest BCUT2D eigenvalue weighted by Crippen LogP contribution is 2.26. The number of rotatable bonds is 6. The molecule has 1 heterocycles. The van der Waals surface area contributed by atoms with Crippen molar-refractivity contribution in [3.63, 3.8) is 0 Å². The Morgan fingerprint density at radius 1 is 1.45 bits per heavy atom. The Morgan fingerprint density at radius 2 is 2.20 bits per heavy atom. The van der Waals surface area contributed by atoms with Crippen LogP contribution >= 0.6 is 0 Å². The number of nitrogens with zero attached hydrogens (tertiary/aromatic N) is 2. The number of aromatic nitrogens is 1. The van der Waals surface area contributed by atoms with Crippen LogP contribution in [-0.4, -0.2) is 27.9 Å². The molecule has 20 heavy (non-hydrogen) atoms. The van der Waals surface area contributed by atoms with E-state index in [-0.39, 0.29) is 0 Å². The van der Waals surface area contributed by atoms with E-state index < -0.39 is 0 Å². The molecule has 1 atom stereocenters. The van der Waals surface area contributed by atoms with E-state index in [4.69, 9.17) is 0 Å². The van der Waals surface area contributed by atoms with E-state index in [1.165, 1.54) is 25.7 Å². The van der Waals surface area contributed by atoms with E-state index in [2.05, 4.69) is 23.7 Å². The summed E-state index contributed by atoms with van der Waals surface area (Å²) in [5.41, 5.74) is 1.15. The second-order valence-electron chi connectivity index (χ2n) is 5.86. The molecule has 3 nitrogen and oxygen atoms in total. The lowest BCUT2D eigenvalue weighted by atomic mass is 10.1. The fraction of sp³-hybridized carbons (Fsp3) is 0.647. The van der Waals surface area contributed by atoms with Gasteiger partial charge < -0.3 is 4.90 Å². The van der Waals surface area contributed by atoms with Gasteiger partial charge in [-0.05, 0) is 44.2 Å². The van der Waals surface area contributed by atoms with E-state index in [9.17, 15) is 4.79 Å². The maximum absolute atomic E-state index is 12.6. The van der Waals surface area contributed by atoms with Crippen molar-refractivity contribution in [2.24, 2.45) is 0 Å². The first-order chi connectivity index (χ1) is 9.72. The van der Waals surface area contributed by atoms with E-state index in [1.807, 2.05) is 18.3 Å². The van der Waals surface area contributed by atoms with Crippen LogP contribution in [0.3, 0.4) is 0 Å². The first-order valence-electron chi connectivity index (χ1n) is 7.92. The lowest BCUT2D eigenvalue weighted by Crippen LogP contribution is -2.44. The van der Waals surface area contributed by atoms with Crippen molar-refractivity contribution in [2.75, 3.05) is 0 Å². The van der Waals surface area contributed by atoms with E-state index >= 15 is 0 Å². The van der Waals surface area contributed by atoms with Crippen molar-refractivity contribution in [3.8, 4) is 0 Å². The Morgan fingerprint density at radius 3 is 2.80 bits per heavy atom. The third-order valence-electron chi connectivity index (χ3n) is 4.42. The topological polar surface area (TPSA) is 33.2 Å². The van der Waals surface area contributed by atoms with Crippen molar-refractivity contribution in [2.45, 2.75) is 70.9 Å². The van der Waals surface area contributed by atoms with Crippen LogP contribution in [0.5, 0.6) is 0 Å². The first-order valence-corrected chi connectivity index (χ1v) is 7.92. The molecule has 3 heteroatoms. The van der Waals surface area contributed by atoms with Crippen LogP contribution < -0.4 is 0 Å². The summed E-state index contributed by atoms with van der Waals surface area (Å²) in [6.07, 6.45) is 11.0. The molecule has 1 aromatic rings. The molecule has 0 N–H and O–H groups in total. The van der Waals surface area contributed by atoms with Crippen LogP contribution in [0.15, 0.2) is 24.5 Å². The zero-order valence-electron chi connectivity index (χ0n) is 12.7. The van der Waals surface area contributed by atoms with Crippen LogP contribution in [0.2, 0.25) is 0 Å². The number of hydrogen-bond acceptors (Lipinski definition) is 2. The second-order valence-corrected chi connectivity index (χ2v) is 5.86. The molecule has 1 aliphatic carbocycles. The fourth-order valence-corrected chi connectivity index (χ4v) is 3.11. The SMILES string of the molecule is CC[C@H](C)N(C(=O)CCc1cccnc1)C1CCCC1. The van der Waals surface area contributed by atoms with E-state index in [0.29, 0.717) is 24.4 Å². The summed E-state index contributed by atoms with van der Waals surface area (Å²) in [7, 11) is 0. The number of carbonyl (C=O) groups excluding carboxylic acids is 1. The summed E-state index contributed by atoms with van der Waals surface area (Å²) in [5, 5.41) is 0. The van der Waals surface area contributed by atoms with E-state index in [1.54, 1.807) is 6.20 Å². The average molecular weight is 274 g/mol. The maximum Gasteiger partial charge on any atom is 0.223 e. The number of pyridine rings is 1. The molecular formula is C17H26N2O.